The van der Waals surface area contributed by atoms with Crippen LogP contribution in [0.1, 0.15) is 13.3 Å². The Balaban J connectivity index is 3.61. The fourth-order valence-corrected chi connectivity index (χ4v) is 3.37. The van der Waals surface area contributed by atoms with Crippen molar-refractivity contribution in [1.82, 2.24) is 10.2 Å². The Morgan fingerprint density at radius 1 is 1.30 bits per heavy atom. The average Bonchev–Trinajstić information content (AvgIpc) is 2.65. The minimum absolute atomic E-state index is 0.0301. The van der Waals surface area contributed by atoms with Gasteiger partial charge in [-0.15, -0.1) is 0 Å². The Hall–Kier alpha value is -1.59. The summed E-state index contributed by atoms with van der Waals surface area (Å²) in [4.78, 5) is 38.3. The lowest BCUT2D eigenvalue weighted by Crippen LogP contribution is -2.75. The van der Waals surface area contributed by atoms with Gasteiger partial charge in [-0.2, -0.15) is 0 Å². The predicted octanol–water partition coefficient (Wildman–Crippen LogP) is -1.04. The van der Waals surface area contributed by atoms with Gasteiger partial charge in [-0.25, -0.2) is 0 Å². The quantitative estimate of drug-likeness (QED) is 0.497. The molecule has 1 aliphatic heterocycles. The van der Waals surface area contributed by atoms with Crippen molar-refractivity contribution in [2.75, 3.05) is 49.1 Å². The largest absolute Gasteiger partial charge is 0.382 e. The summed E-state index contributed by atoms with van der Waals surface area (Å²) < 4.78 is 27.6. The van der Waals surface area contributed by atoms with E-state index >= 15 is 0 Å². The molecule has 1 N–H and O–H groups in total. The van der Waals surface area contributed by atoms with Gasteiger partial charge in [0, 0.05) is 55.9 Å². The van der Waals surface area contributed by atoms with E-state index < -0.39 is 41.5 Å². The van der Waals surface area contributed by atoms with Gasteiger partial charge in [0.15, 0.2) is 11.9 Å². The van der Waals surface area contributed by atoms with Crippen LogP contribution in [-0.2, 0) is 38.1 Å². The molecule has 0 aromatic rings. The van der Waals surface area contributed by atoms with Crippen molar-refractivity contribution >= 4 is 18.1 Å². The van der Waals surface area contributed by atoms with Crippen LogP contribution in [0, 0.1) is 0 Å². The highest BCUT2D eigenvalue weighted by Gasteiger charge is 2.63. The van der Waals surface area contributed by atoms with Gasteiger partial charge < -0.3 is 33.9 Å². The van der Waals surface area contributed by atoms with Crippen LogP contribution in [0.5, 0.6) is 0 Å². The number of carbonyl (C=O) groups excluding carboxylic acids is 3. The van der Waals surface area contributed by atoms with E-state index in [2.05, 4.69) is 5.32 Å². The number of nitrogens with zero attached hydrogens (tertiary/aromatic N) is 1. The first-order valence-corrected chi connectivity index (χ1v) is 8.43. The van der Waals surface area contributed by atoms with Crippen molar-refractivity contribution < 1.29 is 38.1 Å². The van der Waals surface area contributed by atoms with Crippen molar-refractivity contribution in [1.29, 1.82) is 0 Å². The second-order valence-electron chi connectivity index (χ2n) is 6.57. The smallest absolute Gasteiger partial charge is 0.282 e. The highest BCUT2D eigenvalue weighted by Crippen LogP contribution is 2.40. The predicted molar refractivity (Wildman–Crippen MR) is 94.0 cm³/mol. The molecule has 0 radical (unpaired) electrons. The van der Waals surface area contributed by atoms with E-state index in [0.29, 0.717) is 6.29 Å². The van der Waals surface area contributed by atoms with Crippen LogP contribution < -0.4 is 5.32 Å². The van der Waals surface area contributed by atoms with Gasteiger partial charge in [0.25, 0.3) is 11.7 Å². The second-order valence-corrected chi connectivity index (χ2v) is 6.57. The zero-order valence-corrected chi connectivity index (χ0v) is 16.9. The monoisotopic (exact) mass is 390 g/mol. The number of hydrogen-bond donors (Lipinski definition) is 1. The number of carbonyl (C=O) groups is 3. The van der Waals surface area contributed by atoms with Gasteiger partial charge in [-0.05, 0) is 0 Å². The van der Waals surface area contributed by atoms with Crippen molar-refractivity contribution in [3.8, 4) is 0 Å². The number of nitrogens with one attached hydrogen (secondary N) is 1. The first-order valence-electron chi connectivity index (χ1n) is 8.43. The Bertz CT molecular complexity index is 543. The van der Waals surface area contributed by atoms with Gasteiger partial charge in [-0.3, -0.25) is 14.4 Å². The lowest BCUT2D eigenvalue weighted by atomic mass is 9.79. The van der Waals surface area contributed by atoms with Crippen LogP contribution in [0.2, 0.25) is 0 Å². The van der Waals surface area contributed by atoms with E-state index in [1.165, 1.54) is 40.3 Å². The van der Waals surface area contributed by atoms with Crippen LogP contribution in [0.4, 0.5) is 0 Å². The van der Waals surface area contributed by atoms with E-state index in [-0.39, 0.29) is 13.0 Å². The number of hydrogen-bond acceptors (Lipinski definition) is 8. The molecule has 0 bridgehead atoms. The zero-order chi connectivity index (χ0) is 20.8. The Morgan fingerprint density at radius 3 is 2.30 bits per heavy atom. The number of aldehydes is 1. The number of likely N-dealkylation sites (N-methyl/N-ethyl adjacent to an activating group) is 1. The highest BCUT2D eigenvalue weighted by atomic mass is 16.7. The third-order valence-electron chi connectivity index (χ3n) is 4.68. The molecule has 10 heteroatoms. The van der Waals surface area contributed by atoms with Crippen LogP contribution >= 0.6 is 0 Å². The normalized spacial score (nSPS) is 31.8. The fraction of sp³-hybridized carbons (Fsp3) is 0.824. The van der Waals surface area contributed by atoms with Gasteiger partial charge in [0.05, 0.1) is 18.8 Å². The van der Waals surface area contributed by atoms with Crippen molar-refractivity contribution in [2.45, 2.75) is 43.0 Å². The summed E-state index contributed by atoms with van der Waals surface area (Å²) in [5.74, 6) is -2.70. The molecule has 1 saturated heterocycles. The molecule has 1 rings (SSSR count). The summed E-state index contributed by atoms with van der Waals surface area (Å²) in [6.45, 7) is 1.28. The van der Waals surface area contributed by atoms with Crippen molar-refractivity contribution in [3.05, 3.63) is 0 Å². The molecule has 5 unspecified atom stereocenters. The van der Waals surface area contributed by atoms with Crippen LogP contribution in [-0.4, -0.2) is 102 Å². The molecule has 1 aliphatic rings. The molecule has 1 heterocycles. The number of ether oxygens (including phenoxy) is 5. The first kappa shape index (κ1) is 23.4. The maximum absolute atomic E-state index is 12.9. The fourth-order valence-electron chi connectivity index (χ4n) is 3.37. The molecule has 10 nitrogen and oxygen atoms in total. The third kappa shape index (κ3) is 4.46. The molecular weight excluding hydrogens is 360 g/mol. The molecule has 0 spiro atoms. The molecule has 1 fully saturated rings. The minimum atomic E-state index is -1.80. The van der Waals surface area contributed by atoms with Gasteiger partial charge in [-0.1, -0.05) is 0 Å². The highest BCUT2D eigenvalue weighted by molar-refractivity contribution is 5.85. The molecular formula is C17H30N2O8. The van der Waals surface area contributed by atoms with Crippen LogP contribution in [0.3, 0.4) is 0 Å². The van der Waals surface area contributed by atoms with Gasteiger partial charge >= 0.3 is 0 Å². The summed E-state index contributed by atoms with van der Waals surface area (Å²) in [5.41, 5.74) is -1.79. The van der Waals surface area contributed by atoms with E-state index in [9.17, 15) is 14.4 Å². The average molecular weight is 390 g/mol. The van der Waals surface area contributed by atoms with Crippen molar-refractivity contribution in [2.24, 2.45) is 0 Å². The van der Waals surface area contributed by atoms with Crippen molar-refractivity contribution in [3.63, 3.8) is 0 Å². The maximum Gasteiger partial charge on any atom is 0.282 e. The number of methoxy groups -OCH3 is 4. The third-order valence-corrected chi connectivity index (χ3v) is 4.68. The van der Waals surface area contributed by atoms with E-state index in [0.717, 1.165) is 0 Å². The Kier molecular flexibility index (Phi) is 8.30. The molecule has 0 aliphatic carbocycles. The SMILES string of the molecule is COCC(OC)C1(C=O)OC(OC)(C(=O)N(C)C)CC(OC)C1NC(C)=O. The topological polar surface area (TPSA) is 113 Å². The van der Waals surface area contributed by atoms with E-state index in [4.69, 9.17) is 23.7 Å². The summed E-state index contributed by atoms with van der Waals surface area (Å²) in [6, 6.07) is -0.934. The Morgan fingerprint density at radius 2 is 1.93 bits per heavy atom. The molecule has 27 heavy (non-hydrogen) atoms. The lowest BCUT2D eigenvalue weighted by molar-refractivity contribution is -0.323. The first-order chi connectivity index (χ1) is 12.7. The molecule has 0 saturated carbocycles. The minimum Gasteiger partial charge on any atom is -0.382 e. The Labute approximate surface area is 159 Å². The van der Waals surface area contributed by atoms with Crippen LogP contribution in [0.15, 0.2) is 0 Å². The van der Waals surface area contributed by atoms with E-state index in [1.54, 1.807) is 14.1 Å². The van der Waals surface area contributed by atoms with E-state index in [1.807, 2.05) is 0 Å². The number of amides is 2. The summed E-state index contributed by atoms with van der Waals surface area (Å²) >= 11 is 0. The van der Waals surface area contributed by atoms with Crippen LogP contribution in [0.25, 0.3) is 0 Å². The lowest BCUT2D eigenvalue weighted by Gasteiger charge is -2.53. The summed E-state index contributed by atoms with van der Waals surface area (Å²) in [6.07, 6.45) is -1.26. The maximum atomic E-state index is 12.9. The second kappa shape index (κ2) is 9.56. The number of rotatable bonds is 9. The molecule has 5 atom stereocenters. The molecule has 2 amide bonds. The molecule has 0 aromatic carbocycles. The van der Waals surface area contributed by atoms with Gasteiger partial charge in [0.2, 0.25) is 5.91 Å². The standard InChI is InChI=1S/C17H30N2O8/c1-11(21)18-14-12(24-5)8-17(26-7,15(22)19(2)3)27-16(14,10-20)13(25-6)9-23-4/h10,12-14H,8-9H2,1-7H3,(H,18,21). The molecule has 156 valence electrons. The van der Waals surface area contributed by atoms with Gasteiger partial charge in [0.1, 0.15) is 6.10 Å². The molecule has 0 aromatic heterocycles. The summed E-state index contributed by atoms with van der Waals surface area (Å²) in [5, 5.41) is 2.69. The summed E-state index contributed by atoms with van der Waals surface area (Å²) in [7, 11) is 8.62. The zero-order valence-electron chi connectivity index (χ0n) is 16.9.